The maximum atomic E-state index is 3.78. The first-order valence-corrected chi connectivity index (χ1v) is 8.94. The lowest BCUT2D eigenvalue weighted by molar-refractivity contribution is 0.102. The highest BCUT2D eigenvalue weighted by molar-refractivity contribution is 7.98. The molecule has 2 nitrogen and oxygen atoms in total. The van der Waals surface area contributed by atoms with Gasteiger partial charge in [-0.1, -0.05) is 34.1 Å². The Hall–Kier alpha value is 0.270. The maximum Gasteiger partial charge on any atom is 0.0224 e. The Labute approximate surface area is 118 Å². The van der Waals surface area contributed by atoms with Gasteiger partial charge in [-0.3, -0.25) is 4.90 Å². The zero-order valence-electron chi connectivity index (χ0n) is 12.9. The summed E-state index contributed by atoms with van der Waals surface area (Å²) in [4.78, 5) is 2.74. The normalized spacial score (nSPS) is 27.7. The molecule has 1 aliphatic rings. The molecule has 0 aromatic rings. The SMILES string of the molecule is CCC(C)C1CN(CCSC)C(CC(C)C)CN1. The summed E-state index contributed by atoms with van der Waals surface area (Å²) in [5.74, 6) is 2.86. The minimum absolute atomic E-state index is 0.695. The van der Waals surface area contributed by atoms with E-state index in [0.717, 1.165) is 17.9 Å². The van der Waals surface area contributed by atoms with E-state index in [1.807, 2.05) is 11.8 Å². The zero-order chi connectivity index (χ0) is 13.5. The molecule has 0 saturated carbocycles. The van der Waals surface area contributed by atoms with E-state index in [2.05, 4.69) is 44.2 Å². The Balaban J connectivity index is 2.54. The highest BCUT2D eigenvalue weighted by atomic mass is 32.2. The molecule has 3 atom stereocenters. The van der Waals surface area contributed by atoms with Crippen molar-refractivity contribution in [3.05, 3.63) is 0 Å². The average molecular weight is 273 g/mol. The van der Waals surface area contributed by atoms with E-state index in [4.69, 9.17) is 0 Å². The largest absolute Gasteiger partial charge is 0.311 e. The molecular formula is C15H32N2S. The van der Waals surface area contributed by atoms with Gasteiger partial charge in [0.2, 0.25) is 0 Å². The third kappa shape index (κ3) is 5.10. The summed E-state index contributed by atoms with van der Waals surface area (Å²) < 4.78 is 0. The summed E-state index contributed by atoms with van der Waals surface area (Å²) in [6.07, 6.45) is 4.82. The van der Waals surface area contributed by atoms with Crippen molar-refractivity contribution in [2.45, 2.75) is 52.6 Å². The predicted molar refractivity (Wildman–Crippen MR) is 84.4 cm³/mol. The van der Waals surface area contributed by atoms with Crippen LogP contribution in [0.15, 0.2) is 0 Å². The lowest BCUT2D eigenvalue weighted by Crippen LogP contribution is -2.59. The first kappa shape index (κ1) is 16.3. The Kier molecular flexibility index (Phi) is 7.66. The van der Waals surface area contributed by atoms with Crippen LogP contribution in [0.4, 0.5) is 0 Å². The smallest absolute Gasteiger partial charge is 0.0224 e. The molecule has 3 heteroatoms. The van der Waals surface area contributed by atoms with Crippen molar-refractivity contribution in [3.63, 3.8) is 0 Å². The van der Waals surface area contributed by atoms with E-state index in [1.165, 1.54) is 38.2 Å². The third-order valence-corrected chi connectivity index (χ3v) is 4.81. The average Bonchev–Trinajstić information content (AvgIpc) is 2.36. The second-order valence-electron chi connectivity index (χ2n) is 6.17. The molecule has 0 bridgehead atoms. The molecule has 1 heterocycles. The van der Waals surface area contributed by atoms with Gasteiger partial charge >= 0.3 is 0 Å². The lowest BCUT2D eigenvalue weighted by Gasteiger charge is -2.43. The van der Waals surface area contributed by atoms with Crippen LogP contribution in [-0.2, 0) is 0 Å². The first-order chi connectivity index (χ1) is 8.58. The van der Waals surface area contributed by atoms with Crippen LogP contribution in [0, 0.1) is 11.8 Å². The second-order valence-corrected chi connectivity index (χ2v) is 7.16. The number of piperazine rings is 1. The van der Waals surface area contributed by atoms with Gasteiger partial charge in [-0.15, -0.1) is 0 Å². The van der Waals surface area contributed by atoms with Crippen LogP contribution in [0.3, 0.4) is 0 Å². The molecule has 1 aliphatic heterocycles. The van der Waals surface area contributed by atoms with E-state index < -0.39 is 0 Å². The highest BCUT2D eigenvalue weighted by Gasteiger charge is 2.29. The zero-order valence-corrected chi connectivity index (χ0v) is 13.7. The molecule has 0 spiro atoms. The molecule has 0 amide bonds. The minimum atomic E-state index is 0.695. The van der Waals surface area contributed by atoms with Gasteiger partial charge in [0.05, 0.1) is 0 Å². The van der Waals surface area contributed by atoms with Crippen LogP contribution in [0.25, 0.3) is 0 Å². The van der Waals surface area contributed by atoms with Crippen LogP contribution < -0.4 is 5.32 Å². The van der Waals surface area contributed by atoms with Gasteiger partial charge in [0.15, 0.2) is 0 Å². The summed E-state index contributed by atoms with van der Waals surface area (Å²) in [5.41, 5.74) is 0. The first-order valence-electron chi connectivity index (χ1n) is 7.54. The van der Waals surface area contributed by atoms with Gasteiger partial charge in [-0.05, 0) is 24.5 Å². The lowest BCUT2D eigenvalue weighted by atomic mass is 9.93. The molecule has 0 aliphatic carbocycles. The topological polar surface area (TPSA) is 15.3 Å². The summed E-state index contributed by atoms with van der Waals surface area (Å²) in [6, 6.07) is 1.44. The van der Waals surface area contributed by atoms with E-state index in [-0.39, 0.29) is 0 Å². The Morgan fingerprint density at radius 1 is 1.33 bits per heavy atom. The van der Waals surface area contributed by atoms with E-state index >= 15 is 0 Å². The molecule has 0 radical (unpaired) electrons. The van der Waals surface area contributed by atoms with Crippen LogP contribution in [0.5, 0.6) is 0 Å². The summed E-state index contributed by atoms with van der Waals surface area (Å²) in [7, 11) is 0. The molecule has 0 aromatic heterocycles. The molecule has 1 saturated heterocycles. The van der Waals surface area contributed by atoms with Crippen molar-refractivity contribution < 1.29 is 0 Å². The fourth-order valence-electron chi connectivity index (χ4n) is 2.81. The number of nitrogens with zero attached hydrogens (tertiary/aromatic N) is 1. The van der Waals surface area contributed by atoms with Crippen LogP contribution in [0.2, 0.25) is 0 Å². The molecule has 1 rings (SSSR count). The number of rotatable bonds is 7. The summed E-state index contributed by atoms with van der Waals surface area (Å²) in [6.45, 7) is 13.1. The maximum absolute atomic E-state index is 3.78. The van der Waals surface area contributed by atoms with Crippen molar-refractivity contribution >= 4 is 11.8 Å². The minimum Gasteiger partial charge on any atom is -0.311 e. The Morgan fingerprint density at radius 3 is 2.61 bits per heavy atom. The van der Waals surface area contributed by atoms with Crippen LogP contribution in [0.1, 0.15) is 40.5 Å². The van der Waals surface area contributed by atoms with Gasteiger partial charge in [-0.2, -0.15) is 11.8 Å². The standard InChI is InChI=1S/C15H32N2S/c1-6-13(4)15-11-17(7-8-18-5)14(10-16-15)9-12(2)3/h12-16H,6-11H2,1-5H3. The van der Waals surface area contributed by atoms with Gasteiger partial charge in [-0.25, -0.2) is 0 Å². The Bertz CT molecular complexity index is 221. The quantitative estimate of drug-likeness (QED) is 0.767. The molecule has 1 fully saturated rings. The molecule has 1 N–H and O–H groups in total. The van der Waals surface area contributed by atoms with Crippen LogP contribution in [-0.4, -0.2) is 48.6 Å². The molecule has 108 valence electrons. The van der Waals surface area contributed by atoms with Gasteiger partial charge in [0, 0.05) is 37.5 Å². The number of thioether (sulfide) groups is 1. The van der Waals surface area contributed by atoms with Gasteiger partial charge in [0.25, 0.3) is 0 Å². The summed E-state index contributed by atoms with van der Waals surface area (Å²) in [5, 5.41) is 3.78. The Morgan fingerprint density at radius 2 is 2.06 bits per heavy atom. The number of nitrogens with one attached hydrogen (secondary N) is 1. The number of hydrogen-bond donors (Lipinski definition) is 1. The van der Waals surface area contributed by atoms with Crippen molar-refractivity contribution in [2.75, 3.05) is 31.6 Å². The van der Waals surface area contributed by atoms with Crippen molar-refractivity contribution in [1.29, 1.82) is 0 Å². The van der Waals surface area contributed by atoms with Crippen LogP contribution >= 0.6 is 11.8 Å². The summed E-state index contributed by atoms with van der Waals surface area (Å²) >= 11 is 1.97. The van der Waals surface area contributed by atoms with Crippen molar-refractivity contribution in [3.8, 4) is 0 Å². The molecule has 3 unspecified atom stereocenters. The van der Waals surface area contributed by atoms with Gasteiger partial charge in [0.1, 0.15) is 0 Å². The van der Waals surface area contributed by atoms with E-state index in [9.17, 15) is 0 Å². The number of hydrogen-bond acceptors (Lipinski definition) is 3. The highest BCUT2D eigenvalue weighted by Crippen LogP contribution is 2.20. The van der Waals surface area contributed by atoms with E-state index in [1.54, 1.807) is 0 Å². The fraction of sp³-hybridized carbons (Fsp3) is 1.00. The molecule has 0 aromatic carbocycles. The fourth-order valence-corrected chi connectivity index (χ4v) is 3.22. The van der Waals surface area contributed by atoms with Crippen molar-refractivity contribution in [1.82, 2.24) is 10.2 Å². The predicted octanol–water partition coefficient (Wildman–Crippen LogP) is 3.08. The molecule has 18 heavy (non-hydrogen) atoms. The molecular weight excluding hydrogens is 240 g/mol. The van der Waals surface area contributed by atoms with Crippen molar-refractivity contribution in [2.24, 2.45) is 11.8 Å². The third-order valence-electron chi connectivity index (χ3n) is 4.22. The monoisotopic (exact) mass is 272 g/mol. The second kappa shape index (κ2) is 8.44. The van der Waals surface area contributed by atoms with Gasteiger partial charge < -0.3 is 5.32 Å². The van der Waals surface area contributed by atoms with E-state index in [0.29, 0.717) is 6.04 Å².